The number of nitro benzene ring substituents is 1. The average molecular weight is 266 g/mol. The third-order valence-corrected chi connectivity index (χ3v) is 3.61. The summed E-state index contributed by atoms with van der Waals surface area (Å²) in [6, 6.07) is 6.65. The molecule has 106 valence electrons. The Kier molecular flexibility index (Phi) is 5.44. The van der Waals surface area contributed by atoms with Gasteiger partial charge in [-0.3, -0.25) is 10.1 Å². The van der Waals surface area contributed by atoms with Crippen LogP contribution in [0.2, 0.25) is 0 Å². The predicted molar refractivity (Wildman–Crippen MR) is 75.0 cm³/mol. The molecule has 0 amide bonds. The lowest BCUT2D eigenvalue weighted by atomic mass is 9.92. The minimum Gasteiger partial charge on any atom is -0.396 e. The van der Waals surface area contributed by atoms with Gasteiger partial charge in [-0.15, -0.1) is 0 Å². The van der Waals surface area contributed by atoms with E-state index in [1.54, 1.807) is 12.1 Å². The van der Waals surface area contributed by atoms with E-state index >= 15 is 0 Å². The average Bonchev–Trinajstić information content (AvgIpc) is 2.39. The van der Waals surface area contributed by atoms with Gasteiger partial charge in [0.15, 0.2) is 0 Å². The minimum absolute atomic E-state index is 0.0808. The van der Waals surface area contributed by atoms with E-state index in [4.69, 9.17) is 5.11 Å². The van der Waals surface area contributed by atoms with Crippen LogP contribution in [0.3, 0.4) is 0 Å². The van der Waals surface area contributed by atoms with E-state index < -0.39 is 4.92 Å². The molecular formula is C14H22N2O3. The maximum Gasteiger partial charge on any atom is 0.269 e. The van der Waals surface area contributed by atoms with Crippen LogP contribution in [0.15, 0.2) is 24.3 Å². The quantitative estimate of drug-likeness (QED) is 0.588. The van der Waals surface area contributed by atoms with Crippen LogP contribution in [0.4, 0.5) is 5.69 Å². The Morgan fingerprint density at radius 1 is 1.42 bits per heavy atom. The Balaban J connectivity index is 2.77. The molecule has 19 heavy (non-hydrogen) atoms. The fraction of sp³-hybridized carbons (Fsp3) is 0.571. The van der Waals surface area contributed by atoms with Gasteiger partial charge in [0.25, 0.3) is 5.69 Å². The van der Waals surface area contributed by atoms with Crippen LogP contribution in [0, 0.1) is 10.1 Å². The van der Waals surface area contributed by atoms with E-state index in [1.165, 1.54) is 12.1 Å². The normalized spacial score (nSPS) is 15.8. The number of aliphatic hydroxyl groups excluding tert-OH is 1. The number of rotatable bonds is 7. The van der Waals surface area contributed by atoms with Gasteiger partial charge in [0.2, 0.25) is 0 Å². The highest BCUT2D eigenvalue weighted by Crippen LogP contribution is 2.23. The molecule has 5 heteroatoms. The monoisotopic (exact) mass is 266 g/mol. The lowest BCUT2D eigenvalue weighted by molar-refractivity contribution is -0.384. The second-order valence-electron chi connectivity index (χ2n) is 5.10. The van der Waals surface area contributed by atoms with E-state index in [2.05, 4.69) is 19.2 Å². The van der Waals surface area contributed by atoms with Gasteiger partial charge in [0, 0.05) is 30.3 Å². The van der Waals surface area contributed by atoms with E-state index in [-0.39, 0.29) is 23.9 Å². The molecule has 0 aliphatic heterocycles. The summed E-state index contributed by atoms with van der Waals surface area (Å²) in [5, 5.41) is 23.2. The number of nitrogens with one attached hydrogen (secondary N) is 1. The standard InChI is InChI=1S/C14H22N2O3/c1-4-14(3,9-10-17)15-11(2)12-5-7-13(8-6-12)16(18)19/h5-8,11,15,17H,4,9-10H2,1-3H3. The first-order chi connectivity index (χ1) is 8.91. The van der Waals surface area contributed by atoms with Crippen molar-refractivity contribution in [3.8, 4) is 0 Å². The van der Waals surface area contributed by atoms with Crippen molar-refractivity contribution in [2.24, 2.45) is 0 Å². The number of nitrogens with zero attached hydrogens (tertiary/aromatic N) is 1. The van der Waals surface area contributed by atoms with Gasteiger partial charge < -0.3 is 10.4 Å². The lowest BCUT2D eigenvalue weighted by Crippen LogP contribution is -2.43. The van der Waals surface area contributed by atoms with Crippen LogP contribution < -0.4 is 5.32 Å². The third-order valence-electron chi connectivity index (χ3n) is 3.61. The summed E-state index contributed by atoms with van der Waals surface area (Å²) in [6.45, 7) is 6.31. The van der Waals surface area contributed by atoms with Gasteiger partial charge in [0.1, 0.15) is 0 Å². The van der Waals surface area contributed by atoms with Crippen LogP contribution >= 0.6 is 0 Å². The topological polar surface area (TPSA) is 75.4 Å². The van der Waals surface area contributed by atoms with Crippen LogP contribution in [0.5, 0.6) is 0 Å². The molecule has 2 unspecified atom stereocenters. The first kappa shape index (κ1) is 15.6. The summed E-state index contributed by atoms with van der Waals surface area (Å²) in [5.41, 5.74) is 0.975. The highest BCUT2D eigenvalue weighted by molar-refractivity contribution is 5.34. The summed E-state index contributed by atoms with van der Waals surface area (Å²) in [5.74, 6) is 0. The van der Waals surface area contributed by atoms with Crippen molar-refractivity contribution >= 4 is 5.69 Å². The van der Waals surface area contributed by atoms with Gasteiger partial charge in [-0.25, -0.2) is 0 Å². The fourth-order valence-electron chi connectivity index (χ4n) is 2.09. The molecule has 1 aromatic carbocycles. The molecule has 5 nitrogen and oxygen atoms in total. The molecule has 0 spiro atoms. The number of non-ortho nitro benzene ring substituents is 1. The van der Waals surface area contributed by atoms with Crippen LogP contribution in [-0.4, -0.2) is 22.2 Å². The molecule has 0 bridgehead atoms. The second kappa shape index (κ2) is 6.63. The van der Waals surface area contributed by atoms with Crippen LogP contribution in [-0.2, 0) is 0 Å². The molecule has 0 saturated carbocycles. The summed E-state index contributed by atoms with van der Waals surface area (Å²) in [6.07, 6.45) is 1.59. The largest absolute Gasteiger partial charge is 0.396 e. The van der Waals surface area contributed by atoms with Gasteiger partial charge in [-0.05, 0) is 32.3 Å². The maximum atomic E-state index is 10.6. The van der Waals surface area contributed by atoms with Crippen LogP contribution in [0.25, 0.3) is 0 Å². The zero-order valence-electron chi connectivity index (χ0n) is 11.7. The Bertz CT molecular complexity index is 419. The molecular weight excluding hydrogens is 244 g/mol. The van der Waals surface area contributed by atoms with Gasteiger partial charge in [-0.1, -0.05) is 19.1 Å². The number of aliphatic hydroxyl groups is 1. The zero-order chi connectivity index (χ0) is 14.5. The number of benzene rings is 1. The van der Waals surface area contributed by atoms with Crippen molar-refractivity contribution < 1.29 is 10.0 Å². The van der Waals surface area contributed by atoms with Crippen molar-refractivity contribution in [2.45, 2.75) is 45.2 Å². The van der Waals surface area contributed by atoms with Crippen molar-refractivity contribution in [3.05, 3.63) is 39.9 Å². The minimum atomic E-state index is -0.399. The number of hydrogen-bond acceptors (Lipinski definition) is 4. The first-order valence-corrected chi connectivity index (χ1v) is 6.55. The van der Waals surface area contributed by atoms with Crippen LogP contribution in [0.1, 0.15) is 45.2 Å². The molecule has 0 aliphatic carbocycles. The molecule has 2 atom stereocenters. The SMILES string of the molecule is CCC(C)(CCO)NC(C)c1ccc([N+](=O)[O-])cc1. The molecule has 0 heterocycles. The smallest absolute Gasteiger partial charge is 0.269 e. The highest BCUT2D eigenvalue weighted by Gasteiger charge is 2.23. The molecule has 1 aromatic rings. The molecule has 0 aliphatic rings. The van der Waals surface area contributed by atoms with Crippen molar-refractivity contribution in [3.63, 3.8) is 0 Å². The van der Waals surface area contributed by atoms with E-state index in [0.29, 0.717) is 6.42 Å². The molecule has 0 radical (unpaired) electrons. The summed E-state index contributed by atoms with van der Waals surface area (Å²) >= 11 is 0. The van der Waals surface area contributed by atoms with Crippen molar-refractivity contribution in [1.29, 1.82) is 0 Å². The Hall–Kier alpha value is -1.46. The van der Waals surface area contributed by atoms with Gasteiger partial charge in [-0.2, -0.15) is 0 Å². The first-order valence-electron chi connectivity index (χ1n) is 6.55. The lowest BCUT2D eigenvalue weighted by Gasteiger charge is -2.33. The Morgan fingerprint density at radius 2 is 2.00 bits per heavy atom. The Labute approximate surface area is 113 Å². The summed E-state index contributed by atoms with van der Waals surface area (Å²) in [7, 11) is 0. The third kappa shape index (κ3) is 4.29. The van der Waals surface area contributed by atoms with E-state index in [0.717, 1.165) is 12.0 Å². The van der Waals surface area contributed by atoms with Gasteiger partial charge in [0.05, 0.1) is 4.92 Å². The Morgan fingerprint density at radius 3 is 2.42 bits per heavy atom. The van der Waals surface area contributed by atoms with E-state index in [1.807, 2.05) is 6.92 Å². The number of nitro groups is 1. The van der Waals surface area contributed by atoms with Crippen molar-refractivity contribution in [2.75, 3.05) is 6.61 Å². The molecule has 0 saturated heterocycles. The maximum absolute atomic E-state index is 10.6. The molecule has 1 rings (SSSR count). The summed E-state index contributed by atoms with van der Waals surface area (Å²) in [4.78, 5) is 10.2. The molecule has 0 aromatic heterocycles. The number of hydrogen-bond donors (Lipinski definition) is 2. The van der Waals surface area contributed by atoms with E-state index in [9.17, 15) is 10.1 Å². The van der Waals surface area contributed by atoms with Crippen molar-refractivity contribution in [1.82, 2.24) is 5.32 Å². The highest BCUT2D eigenvalue weighted by atomic mass is 16.6. The predicted octanol–water partition coefficient (Wildman–Crippen LogP) is 2.80. The zero-order valence-corrected chi connectivity index (χ0v) is 11.7. The summed E-state index contributed by atoms with van der Waals surface area (Å²) < 4.78 is 0. The second-order valence-corrected chi connectivity index (χ2v) is 5.10. The van der Waals surface area contributed by atoms with Gasteiger partial charge >= 0.3 is 0 Å². The fourth-order valence-corrected chi connectivity index (χ4v) is 2.09. The molecule has 2 N–H and O–H groups in total. The molecule has 0 fully saturated rings.